The maximum absolute atomic E-state index is 13.5. The van der Waals surface area contributed by atoms with Crippen LogP contribution < -0.4 is 10.6 Å². The van der Waals surface area contributed by atoms with Gasteiger partial charge in [-0.2, -0.15) is 13.2 Å². The Kier molecular flexibility index (Phi) is 7.81. The molecule has 0 aromatic heterocycles. The number of hydrogen-bond donors (Lipinski definition) is 4. The van der Waals surface area contributed by atoms with Crippen LogP contribution in [0.5, 0.6) is 0 Å². The topological polar surface area (TPSA) is 73.8 Å². The van der Waals surface area contributed by atoms with Crippen LogP contribution in [0.2, 0.25) is 0 Å². The highest BCUT2D eigenvalue weighted by Gasteiger charge is 2.55. The van der Waals surface area contributed by atoms with Gasteiger partial charge < -0.3 is 20.3 Å². The average Bonchev–Trinajstić information content (AvgIpc) is 3.55. The number of rotatable bonds is 8. The molecule has 2 saturated carbocycles. The third-order valence-corrected chi connectivity index (χ3v) is 9.15. The van der Waals surface area contributed by atoms with Crippen LogP contribution in [0.1, 0.15) is 66.2 Å². The predicted molar refractivity (Wildman–Crippen MR) is 130 cm³/mol. The number of ether oxygens (including phenoxy) is 1. The van der Waals surface area contributed by atoms with Crippen LogP contribution in [0.4, 0.5) is 13.2 Å². The van der Waals surface area contributed by atoms with Crippen molar-refractivity contribution in [1.29, 1.82) is 0 Å². The van der Waals surface area contributed by atoms with Crippen molar-refractivity contribution < 1.29 is 28.1 Å². The summed E-state index contributed by atoms with van der Waals surface area (Å²) in [4.78, 5) is 0. The van der Waals surface area contributed by atoms with Gasteiger partial charge in [0.2, 0.25) is 0 Å². The van der Waals surface area contributed by atoms with E-state index >= 15 is 0 Å². The SMILES string of the molecule is CC1COCCC1NC1C[C@@H](C(O)NCC2C=C(C3CC3)C=C(C(F)(F)F)C2)C(C)(C(C)(C)O)C1. The molecule has 0 aromatic rings. The number of nitrogens with one attached hydrogen (secondary N) is 2. The van der Waals surface area contributed by atoms with Crippen molar-refractivity contribution in [1.82, 2.24) is 10.6 Å². The molecule has 4 rings (SSSR count). The minimum atomic E-state index is -4.32. The Morgan fingerprint density at radius 1 is 1.23 bits per heavy atom. The fourth-order valence-corrected chi connectivity index (χ4v) is 6.39. The first-order valence-corrected chi connectivity index (χ1v) is 13.2. The van der Waals surface area contributed by atoms with Gasteiger partial charge in [0.15, 0.2) is 0 Å². The molecule has 0 radical (unpaired) electrons. The van der Waals surface area contributed by atoms with Gasteiger partial charge in [-0.05, 0) is 75.7 Å². The number of hydrogen-bond acceptors (Lipinski definition) is 5. The molecule has 0 amide bonds. The van der Waals surface area contributed by atoms with Gasteiger partial charge >= 0.3 is 6.18 Å². The van der Waals surface area contributed by atoms with E-state index in [4.69, 9.17) is 4.74 Å². The van der Waals surface area contributed by atoms with Crippen LogP contribution in [0.25, 0.3) is 0 Å². The quantitative estimate of drug-likeness (QED) is 0.374. The minimum absolute atomic E-state index is 0.0707. The third kappa shape index (κ3) is 6.15. The van der Waals surface area contributed by atoms with Crippen LogP contribution >= 0.6 is 0 Å². The van der Waals surface area contributed by atoms with E-state index in [1.165, 1.54) is 6.08 Å². The molecule has 0 aromatic carbocycles. The molecule has 0 spiro atoms. The molecule has 200 valence electrons. The minimum Gasteiger partial charge on any atom is -0.390 e. The van der Waals surface area contributed by atoms with Crippen LogP contribution in [-0.2, 0) is 4.74 Å². The standard InChI is InChI=1S/C27H43F3N2O3/c1-16-15-35-8-7-23(16)32-21-12-22(26(4,13-21)25(2,3)34)24(33)31-14-17-9-19(18-5-6-18)11-20(10-17)27(28,29)30/h9,11,16-18,21-24,31-34H,5-8,10,12-15H2,1-4H3/t16?,17?,21?,22-,23?,24?,26?/m0/s1. The fraction of sp³-hybridized carbons (Fsp3) is 0.852. The first-order valence-electron chi connectivity index (χ1n) is 13.2. The molecule has 1 saturated heterocycles. The van der Waals surface area contributed by atoms with E-state index in [0.717, 1.165) is 44.5 Å². The van der Waals surface area contributed by atoms with Gasteiger partial charge in [-0.25, -0.2) is 0 Å². The second-order valence-corrected chi connectivity index (χ2v) is 12.3. The molecule has 7 atom stereocenters. The molecular formula is C27H43F3N2O3. The molecule has 35 heavy (non-hydrogen) atoms. The largest absolute Gasteiger partial charge is 0.412 e. The van der Waals surface area contributed by atoms with Crippen LogP contribution in [0.3, 0.4) is 0 Å². The summed E-state index contributed by atoms with van der Waals surface area (Å²) < 4.78 is 46.1. The Morgan fingerprint density at radius 2 is 1.94 bits per heavy atom. The molecular weight excluding hydrogens is 457 g/mol. The van der Waals surface area contributed by atoms with Crippen molar-refractivity contribution in [3.8, 4) is 0 Å². The highest BCUT2D eigenvalue weighted by Crippen LogP contribution is 2.52. The van der Waals surface area contributed by atoms with Crippen molar-refractivity contribution in [2.45, 2.75) is 96.3 Å². The predicted octanol–water partition coefficient (Wildman–Crippen LogP) is 4.31. The first kappa shape index (κ1) is 27.1. The molecule has 0 bridgehead atoms. The summed E-state index contributed by atoms with van der Waals surface area (Å²) in [6.45, 7) is 9.51. The van der Waals surface area contributed by atoms with Gasteiger partial charge in [0.05, 0.1) is 12.2 Å². The Hall–Kier alpha value is -0.930. The Bertz CT molecular complexity index is 817. The lowest BCUT2D eigenvalue weighted by Gasteiger charge is -2.44. The third-order valence-electron chi connectivity index (χ3n) is 9.15. The zero-order valence-electron chi connectivity index (χ0n) is 21.5. The molecule has 4 N–H and O–H groups in total. The summed E-state index contributed by atoms with van der Waals surface area (Å²) >= 11 is 0. The zero-order valence-corrected chi connectivity index (χ0v) is 21.5. The second kappa shape index (κ2) is 10.1. The van der Waals surface area contributed by atoms with Crippen molar-refractivity contribution in [3.05, 3.63) is 23.3 Å². The van der Waals surface area contributed by atoms with Crippen molar-refractivity contribution in [2.75, 3.05) is 19.8 Å². The van der Waals surface area contributed by atoms with Gasteiger partial charge in [-0.1, -0.05) is 26.0 Å². The molecule has 1 heterocycles. The fourth-order valence-electron chi connectivity index (χ4n) is 6.39. The monoisotopic (exact) mass is 500 g/mol. The molecule has 5 nitrogen and oxygen atoms in total. The first-order chi connectivity index (χ1) is 16.3. The summed E-state index contributed by atoms with van der Waals surface area (Å²) in [6, 6.07) is 0.485. The number of halogens is 3. The van der Waals surface area contributed by atoms with Crippen molar-refractivity contribution >= 4 is 0 Å². The summed E-state index contributed by atoms with van der Waals surface area (Å²) in [7, 11) is 0. The Morgan fingerprint density at radius 3 is 2.54 bits per heavy atom. The smallest absolute Gasteiger partial charge is 0.390 e. The van der Waals surface area contributed by atoms with E-state index in [9.17, 15) is 23.4 Å². The zero-order chi connectivity index (χ0) is 25.6. The number of allylic oxidation sites excluding steroid dienone is 3. The maximum atomic E-state index is 13.5. The Labute approximate surface area is 207 Å². The normalized spacial score (nSPS) is 37.7. The molecule has 3 fully saturated rings. The number of alkyl halides is 3. The van der Waals surface area contributed by atoms with Gasteiger partial charge in [0, 0.05) is 42.1 Å². The molecule has 4 aliphatic rings. The lowest BCUT2D eigenvalue weighted by molar-refractivity contribution is -0.103. The van der Waals surface area contributed by atoms with E-state index in [1.807, 2.05) is 13.0 Å². The number of aliphatic hydroxyl groups is 2. The van der Waals surface area contributed by atoms with E-state index in [-0.39, 0.29) is 36.8 Å². The number of aliphatic hydroxyl groups excluding tert-OH is 1. The van der Waals surface area contributed by atoms with E-state index in [1.54, 1.807) is 13.8 Å². The van der Waals surface area contributed by atoms with Crippen LogP contribution in [-0.4, -0.2) is 60.1 Å². The van der Waals surface area contributed by atoms with Crippen molar-refractivity contribution in [2.24, 2.45) is 29.1 Å². The summed E-state index contributed by atoms with van der Waals surface area (Å²) in [6.07, 6.45) is 2.24. The van der Waals surface area contributed by atoms with E-state index in [0.29, 0.717) is 18.4 Å². The van der Waals surface area contributed by atoms with Crippen LogP contribution in [0.15, 0.2) is 23.3 Å². The highest BCUT2D eigenvalue weighted by atomic mass is 19.4. The van der Waals surface area contributed by atoms with Gasteiger partial charge in [0.25, 0.3) is 0 Å². The van der Waals surface area contributed by atoms with E-state index < -0.39 is 29.0 Å². The van der Waals surface area contributed by atoms with Gasteiger partial charge in [-0.3, -0.25) is 5.32 Å². The summed E-state index contributed by atoms with van der Waals surface area (Å²) in [5, 5.41) is 29.3. The maximum Gasteiger partial charge on any atom is 0.412 e. The van der Waals surface area contributed by atoms with E-state index in [2.05, 4.69) is 17.6 Å². The highest BCUT2D eigenvalue weighted by molar-refractivity contribution is 5.35. The summed E-state index contributed by atoms with van der Waals surface area (Å²) in [5.74, 6) is 0.0959. The Balaban J connectivity index is 1.42. The lowest BCUT2D eigenvalue weighted by Crippen LogP contribution is -2.51. The van der Waals surface area contributed by atoms with Crippen LogP contribution in [0, 0.1) is 29.1 Å². The molecule has 6 unspecified atom stereocenters. The molecule has 8 heteroatoms. The molecule has 1 aliphatic heterocycles. The second-order valence-electron chi connectivity index (χ2n) is 12.3. The van der Waals surface area contributed by atoms with Gasteiger partial charge in [0.1, 0.15) is 6.23 Å². The average molecular weight is 501 g/mol. The van der Waals surface area contributed by atoms with Gasteiger partial charge in [-0.15, -0.1) is 0 Å². The molecule has 3 aliphatic carbocycles. The lowest BCUT2D eigenvalue weighted by atomic mass is 9.67. The van der Waals surface area contributed by atoms with Crippen molar-refractivity contribution in [3.63, 3.8) is 0 Å². The summed E-state index contributed by atoms with van der Waals surface area (Å²) in [5.41, 5.74) is -1.25.